The zero-order valence-electron chi connectivity index (χ0n) is 14.8. The molecule has 0 atom stereocenters. The molecule has 0 saturated carbocycles. The molecule has 146 valence electrons. The van der Waals surface area contributed by atoms with Crippen LogP contribution in [0.4, 0.5) is 8.78 Å². The number of fused-ring (bicyclic) bond motifs is 1. The van der Waals surface area contributed by atoms with Gasteiger partial charge in [-0.1, -0.05) is 0 Å². The van der Waals surface area contributed by atoms with Gasteiger partial charge in [0.2, 0.25) is 6.79 Å². The molecule has 0 aliphatic carbocycles. The van der Waals surface area contributed by atoms with Gasteiger partial charge in [-0.2, -0.15) is 20.1 Å². The largest absolute Gasteiger partial charge is 0.454 e. The molecule has 0 fully saturated rings. The molecule has 0 saturated heterocycles. The maximum absolute atomic E-state index is 12.7. The second-order valence-corrected chi connectivity index (χ2v) is 6.48. The summed E-state index contributed by atoms with van der Waals surface area (Å²) in [4.78, 5) is 4.47. The summed E-state index contributed by atoms with van der Waals surface area (Å²) in [6.07, 6.45) is 0.873. The van der Waals surface area contributed by atoms with Crippen LogP contribution in [-0.4, -0.2) is 32.5 Å². The van der Waals surface area contributed by atoms with Crippen LogP contribution < -0.4 is 24.8 Å². The van der Waals surface area contributed by atoms with Gasteiger partial charge in [0.15, 0.2) is 17.5 Å². The van der Waals surface area contributed by atoms with Crippen LogP contribution in [-0.2, 0) is 13.0 Å². The fraction of sp³-hybridized carbons (Fsp3) is 0.389. The molecule has 9 heteroatoms. The second-order valence-electron chi connectivity index (χ2n) is 5.70. The van der Waals surface area contributed by atoms with Crippen molar-refractivity contribution in [3.8, 4) is 17.2 Å². The van der Waals surface area contributed by atoms with E-state index in [1.807, 2.05) is 12.3 Å². The number of hydrogen-bond acceptors (Lipinski definition) is 5. The SMILES string of the molecule is CCNC(=NCc1cc2c(cc1OC(F)F)OCO2)NCCc1ccsc1. The van der Waals surface area contributed by atoms with E-state index in [0.717, 1.165) is 6.42 Å². The smallest absolute Gasteiger partial charge is 0.387 e. The molecular weight excluding hydrogens is 376 g/mol. The molecule has 2 N–H and O–H groups in total. The third-order valence-electron chi connectivity index (χ3n) is 3.81. The molecule has 6 nitrogen and oxygen atoms in total. The first-order chi connectivity index (χ1) is 13.2. The van der Waals surface area contributed by atoms with Gasteiger partial charge < -0.3 is 24.8 Å². The van der Waals surface area contributed by atoms with Gasteiger partial charge in [0.05, 0.1) is 6.54 Å². The summed E-state index contributed by atoms with van der Waals surface area (Å²) in [5.41, 5.74) is 1.75. The van der Waals surface area contributed by atoms with Gasteiger partial charge in [-0.25, -0.2) is 4.99 Å². The molecule has 27 heavy (non-hydrogen) atoms. The summed E-state index contributed by atoms with van der Waals surface area (Å²) in [7, 11) is 0. The highest BCUT2D eigenvalue weighted by atomic mass is 32.1. The number of nitrogens with one attached hydrogen (secondary N) is 2. The summed E-state index contributed by atoms with van der Waals surface area (Å²) in [5, 5.41) is 10.5. The third kappa shape index (κ3) is 5.46. The summed E-state index contributed by atoms with van der Waals surface area (Å²) in [6, 6.07) is 5.12. The number of benzene rings is 1. The van der Waals surface area contributed by atoms with Gasteiger partial charge in [0, 0.05) is 24.7 Å². The Kier molecular flexibility index (Phi) is 6.69. The Labute approximate surface area is 160 Å². The minimum absolute atomic E-state index is 0.0344. The minimum Gasteiger partial charge on any atom is -0.454 e. The van der Waals surface area contributed by atoms with Gasteiger partial charge in [-0.3, -0.25) is 0 Å². The average Bonchev–Trinajstić information content (AvgIpc) is 3.30. The van der Waals surface area contributed by atoms with Crippen molar-refractivity contribution in [2.24, 2.45) is 4.99 Å². The molecule has 0 radical (unpaired) electrons. The number of aliphatic imine (C=N–C) groups is 1. The fourth-order valence-corrected chi connectivity index (χ4v) is 3.26. The maximum Gasteiger partial charge on any atom is 0.387 e. The molecule has 2 heterocycles. The number of guanidine groups is 1. The lowest BCUT2D eigenvalue weighted by Crippen LogP contribution is -2.38. The predicted molar refractivity (Wildman–Crippen MR) is 100 cm³/mol. The van der Waals surface area contributed by atoms with Crippen molar-refractivity contribution in [3.63, 3.8) is 0 Å². The monoisotopic (exact) mass is 397 g/mol. The molecule has 0 spiro atoms. The highest BCUT2D eigenvalue weighted by Crippen LogP contribution is 2.39. The van der Waals surface area contributed by atoms with E-state index in [9.17, 15) is 8.78 Å². The fourth-order valence-electron chi connectivity index (χ4n) is 2.56. The van der Waals surface area contributed by atoms with Crippen molar-refractivity contribution in [2.75, 3.05) is 19.9 Å². The van der Waals surface area contributed by atoms with E-state index in [4.69, 9.17) is 9.47 Å². The Morgan fingerprint density at radius 2 is 2.11 bits per heavy atom. The van der Waals surface area contributed by atoms with Gasteiger partial charge in [0.1, 0.15) is 5.75 Å². The number of hydrogen-bond donors (Lipinski definition) is 2. The first kappa shape index (κ1) is 19.2. The Balaban J connectivity index is 1.68. The van der Waals surface area contributed by atoms with Crippen LogP contribution in [0.15, 0.2) is 34.0 Å². The second kappa shape index (κ2) is 9.40. The van der Waals surface area contributed by atoms with E-state index in [0.29, 0.717) is 36.1 Å². The minimum atomic E-state index is -2.93. The van der Waals surface area contributed by atoms with E-state index in [1.165, 1.54) is 11.6 Å². The molecule has 0 amide bonds. The number of nitrogens with zero attached hydrogens (tertiary/aromatic N) is 1. The van der Waals surface area contributed by atoms with Crippen LogP contribution >= 0.6 is 11.3 Å². The number of alkyl halides is 2. The average molecular weight is 397 g/mol. The quantitative estimate of drug-likeness (QED) is 0.528. The third-order valence-corrected chi connectivity index (χ3v) is 4.54. The molecule has 1 aliphatic heterocycles. The number of rotatable bonds is 8. The van der Waals surface area contributed by atoms with Gasteiger partial charge >= 0.3 is 6.61 Å². The number of halogens is 2. The lowest BCUT2D eigenvalue weighted by atomic mass is 10.1. The van der Waals surface area contributed by atoms with E-state index in [1.54, 1.807) is 17.4 Å². The zero-order chi connectivity index (χ0) is 19.1. The standard InChI is InChI=1S/C18H21F2N3O3S/c1-2-21-18(22-5-3-12-4-6-27-10-12)23-9-13-7-15-16(25-11-24-15)8-14(13)26-17(19)20/h4,6-8,10,17H,2-3,5,9,11H2,1H3,(H2,21,22,23). The molecule has 3 rings (SSSR count). The van der Waals surface area contributed by atoms with Crippen molar-refractivity contribution >= 4 is 17.3 Å². The van der Waals surface area contributed by atoms with Gasteiger partial charge in [-0.05, 0) is 41.8 Å². The van der Waals surface area contributed by atoms with E-state index in [2.05, 4.69) is 31.8 Å². The lowest BCUT2D eigenvalue weighted by molar-refractivity contribution is -0.0505. The van der Waals surface area contributed by atoms with Crippen LogP contribution in [0.1, 0.15) is 18.1 Å². The van der Waals surface area contributed by atoms with E-state index >= 15 is 0 Å². The Morgan fingerprint density at radius 1 is 1.30 bits per heavy atom. The molecule has 0 unspecified atom stereocenters. The summed E-state index contributed by atoms with van der Waals surface area (Å²) >= 11 is 1.66. The predicted octanol–water partition coefficient (Wildman–Crippen LogP) is 3.38. The van der Waals surface area contributed by atoms with Gasteiger partial charge in [-0.15, -0.1) is 0 Å². The topological polar surface area (TPSA) is 64.1 Å². The van der Waals surface area contributed by atoms with Crippen molar-refractivity contribution in [1.82, 2.24) is 10.6 Å². The molecule has 0 bridgehead atoms. The summed E-state index contributed by atoms with van der Waals surface area (Å²) in [6.45, 7) is 0.651. The Bertz CT molecular complexity index is 769. The Morgan fingerprint density at radius 3 is 2.81 bits per heavy atom. The lowest BCUT2D eigenvalue weighted by Gasteiger charge is -2.13. The molecule has 1 aromatic carbocycles. The van der Waals surface area contributed by atoms with E-state index < -0.39 is 6.61 Å². The molecule has 1 aromatic heterocycles. The number of ether oxygens (including phenoxy) is 3. The van der Waals surface area contributed by atoms with Crippen molar-refractivity contribution in [2.45, 2.75) is 26.5 Å². The maximum atomic E-state index is 12.7. The molecule has 1 aliphatic rings. The zero-order valence-corrected chi connectivity index (χ0v) is 15.7. The Hall–Kier alpha value is -2.55. The van der Waals surface area contributed by atoms with Gasteiger partial charge in [0.25, 0.3) is 0 Å². The van der Waals surface area contributed by atoms with Crippen LogP contribution in [0, 0.1) is 0 Å². The van der Waals surface area contributed by atoms with Crippen molar-refractivity contribution in [1.29, 1.82) is 0 Å². The normalized spacial score (nSPS) is 13.1. The summed E-state index contributed by atoms with van der Waals surface area (Å²) < 4.78 is 40.6. The highest BCUT2D eigenvalue weighted by Gasteiger charge is 2.20. The van der Waals surface area contributed by atoms with Crippen LogP contribution in [0.5, 0.6) is 17.2 Å². The van der Waals surface area contributed by atoms with Crippen LogP contribution in [0.25, 0.3) is 0 Å². The van der Waals surface area contributed by atoms with Crippen LogP contribution in [0.3, 0.4) is 0 Å². The van der Waals surface area contributed by atoms with Crippen molar-refractivity contribution < 1.29 is 23.0 Å². The molecule has 2 aromatic rings. The first-order valence-corrected chi connectivity index (χ1v) is 9.50. The highest BCUT2D eigenvalue weighted by molar-refractivity contribution is 7.07. The number of thiophene rings is 1. The van der Waals surface area contributed by atoms with Crippen LogP contribution in [0.2, 0.25) is 0 Å². The first-order valence-electron chi connectivity index (χ1n) is 8.56. The molecular formula is C18H21F2N3O3S. The van der Waals surface area contributed by atoms with Crippen molar-refractivity contribution in [3.05, 3.63) is 40.1 Å². The van der Waals surface area contributed by atoms with E-state index in [-0.39, 0.29) is 19.1 Å². The summed E-state index contributed by atoms with van der Waals surface area (Å²) in [5.74, 6) is 1.52.